The summed E-state index contributed by atoms with van der Waals surface area (Å²) in [6.45, 7) is 4.28. The smallest absolute Gasteiger partial charge is 0.379 e. The second kappa shape index (κ2) is 5.61. The van der Waals surface area contributed by atoms with Gasteiger partial charge in [-0.05, 0) is 25.5 Å². The maximum Gasteiger partial charge on any atom is 0.379 e. The van der Waals surface area contributed by atoms with Gasteiger partial charge in [0.2, 0.25) is 0 Å². The van der Waals surface area contributed by atoms with Crippen LogP contribution in [-0.4, -0.2) is 31.6 Å². The summed E-state index contributed by atoms with van der Waals surface area (Å²) < 4.78 is 16.3. The van der Waals surface area contributed by atoms with Gasteiger partial charge in [0.1, 0.15) is 13.2 Å². The molecule has 5 nitrogen and oxygen atoms in total. The lowest BCUT2D eigenvalue weighted by Gasteiger charge is -2.22. The quantitative estimate of drug-likeness (QED) is 0.484. The fourth-order valence-corrected chi connectivity index (χ4v) is 2.23. The van der Waals surface area contributed by atoms with Crippen molar-refractivity contribution in [2.45, 2.75) is 13.8 Å². The zero-order chi connectivity index (χ0) is 14.0. The van der Waals surface area contributed by atoms with Crippen molar-refractivity contribution in [1.29, 1.82) is 0 Å². The van der Waals surface area contributed by atoms with Crippen molar-refractivity contribution in [3.8, 4) is 11.5 Å². The molecular weight excluding hydrogens is 316 g/mol. The third-order valence-electron chi connectivity index (χ3n) is 2.72. The van der Waals surface area contributed by atoms with E-state index in [4.69, 9.17) is 14.2 Å². The molecule has 102 valence electrons. The van der Waals surface area contributed by atoms with Gasteiger partial charge in [-0.25, -0.2) is 4.79 Å². The van der Waals surface area contributed by atoms with E-state index < -0.39 is 11.8 Å². The van der Waals surface area contributed by atoms with E-state index in [1.165, 1.54) is 0 Å². The molecule has 0 N–H and O–H groups in total. The van der Waals surface area contributed by atoms with Crippen LogP contribution >= 0.6 is 15.9 Å². The van der Waals surface area contributed by atoms with E-state index in [0.717, 1.165) is 0 Å². The monoisotopic (exact) mass is 328 g/mol. The molecular formula is C13H13BrO5. The van der Waals surface area contributed by atoms with Crippen LogP contribution in [0.5, 0.6) is 11.5 Å². The van der Waals surface area contributed by atoms with Crippen LogP contribution in [0.4, 0.5) is 0 Å². The zero-order valence-corrected chi connectivity index (χ0v) is 12.2. The predicted octanol–water partition coefficient (Wildman–Crippen LogP) is 2.27. The normalized spacial score (nSPS) is 13.0. The first-order valence-corrected chi connectivity index (χ1v) is 6.65. The highest BCUT2D eigenvalue weighted by Crippen LogP contribution is 2.40. The molecule has 0 atom stereocenters. The van der Waals surface area contributed by atoms with Gasteiger partial charge in [-0.15, -0.1) is 0 Å². The molecule has 0 saturated carbocycles. The molecule has 0 spiro atoms. The standard InChI is InChI=1S/C13H13BrO5/c1-3-17-13(16)11(15)10-7(2)8(14)6-9-12(10)19-5-4-18-9/h6H,3-5H2,1-2H3. The van der Waals surface area contributed by atoms with E-state index in [0.29, 0.717) is 34.7 Å². The summed E-state index contributed by atoms with van der Waals surface area (Å²) in [5, 5.41) is 0. The average molecular weight is 329 g/mol. The van der Waals surface area contributed by atoms with E-state index in [9.17, 15) is 9.59 Å². The largest absolute Gasteiger partial charge is 0.486 e. The number of carbonyl (C=O) groups is 2. The number of benzene rings is 1. The number of fused-ring (bicyclic) bond motifs is 1. The highest BCUT2D eigenvalue weighted by atomic mass is 79.9. The van der Waals surface area contributed by atoms with Crippen LogP contribution in [0.2, 0.25) is 0 Å². The molecule has 19 heavy (non-hydrogen) atoms. The molecule has 0 aromatic heterocycles. The van der Waals surface area contributed by atoms with E-state index in [1.54, 1.807) is 19.9 Å². The number of Topliss-reactive ketones (excluding diaryl/α,β-unsaturated/α-hetero) is 1. The third kappa shape index (κ3) is 2.58. The highest BCUT2D eigenvalue weighted by molar-refractivity contribution is 9.10. The maximum atomic E-state index is 12.1. The molecule has 0 radical (unpaired) electrons. The topological polar surface area (TPSA) is 61.8 Å². The lowest BCUT2D eigenvalue weighted by atomic mass is 10.0. The molecule has 0 bridgehead atoms. The van der Waals surface area contributed by atoms with Crippen molar-refractivity contribution in [3.05, 3.63) is 21.7 Å². The Morgan fingerprint density at radius 2 is 2.05 bits per heavy atom. The first-order valence-electron chi connectivity index (χ1n) is 5.86. The third-order valence-corrected chi connectivity index (χ3v) is 3.54. The number of hydrogen-bond acceptors (Lipinski definition) is 5. The number of ketones is 1. The Hall–Kier alpha value is -1.56. The first kappa shape index (κ1) is 13.9. The summed E-state index contributed by atoms with van der Waals surface area (Å²) in [5.41, 5.74) is 0.824. The Balaban J connectivity index is 2.52. The summed E-state index contributed by atoms with van der Waals surface area (Å²) in [4.78, 5) is 23.8. The molecule has 1 aromatic rings. The highest BCUT2D eigenvalue weighted by Gasteiger charge is 2.29. The molecule has 0 aliphatic carbocycles. The molecule has 1 aliphatic heterocycles. The van der Waals surface area contributed by atoms with E-state index >= 15 is 0 Å². The number of hydrogen-bond donors (Lipinski definition) is 0. The number of halogens is 1. The zero-order valence-electron chi connectivity index (χ0n) is 10.6. The SMILES string of the molecule is CCOC(=O)C(=O)c1c(C)c(Br)cc2c1OCCO2. The van der Waals surface area contributed by atoms with Crippen LogP contribution in [0.1, 0.15) is 22.8 Å². The predicted molar refractivity (Wildman–Crippen MR) is 70.8 cm³/mol. The Morgan fingerprint density at radius 1 is 1.37 bits per heavy atom. The number of carbonyl (C=O) groups excluding carboxylic acids is 2. The number of ether oxygens (including phenoxy) is 3. The van der Waals surface area contributed by atoms with Crippen molar-refractivity contribution in [2.75, 3.05) is 19.8 Å². The van der Waals surface area contributed by atoms with Crippen molar-refractivity contribution < 1.29 is 23.8 Å². The van der Waals surface area contributed by atoms with Gasteiger partial charge < -0.3 is 14.2 Å². The van der Waals surface area contributed by atoms with Crippen molar-refractivity contribution in [1.82, 2.24) is 0 Å². The summed E-state index contributed by atoms with van der Waals surface area (Å²) >= 11 is 3.34. The van der Waals surface area contributed by atoms with E-state index in [1.807, 2.05) is 0 Å². The van der Waals surface area contributed by atoms with Gasteiger partial charge in [-0.2, -0.15) is 0 Å². The lowest BCUT2D eigenvalue weighted by Crippen LogP contribution is -2.23. The minimum atomic E-state index is -0.889. The molecule has 1 aromatic carbocycles. The Morgan fingerprint density at radius 3 is 2.74 bits per heavy atom. The number of rotatable bonds is 3. The van der Waals surface area contributed by atoms with Crippen LogP contribution in [0.3, 0.4) is 0 Å². The fraction of sp³-hybridized carbons (Fsp3) is 0.385. The van der Waals surface area contributed by atoms with Gasteiger partial charge in [-0.1, -0.05) is 15.9 Å². The van der Waals surface area contributed by atoms with E-state index in [-0.39, 0.29) is 12.2 Å². The fourth-order valence-electron chi connectivity index (χ4n) is 1.82. The van der Waals surface area contributed by atoms with Gasteiger partial charge in [0, 0.05) is 4.47 Å². The van der Waals surface area contributed by atoms with Crippen LogP contribution in [0.15, 0.2) is 10.5 Å². The molecule has 0 unspecified atom stereocenters. The van der Waals surface area contributed by atoms with Crippen LogP contribution in [-0.2, 0) is 9.53 Å². The Kier molecular flexibility index (Phi) is 4.09. The molecule has 0 fully saturated rings. The molecule has 2 rings (SSSR count). The van der Waals surface area contributed by atoms with Gasteiger partial charge >= 0.3 is 5.97 Å². The van der Waals surface area contributed by atoms with Gasteiger partial charge in [0.05, 0.1) is 12.2 Å². The van der Waals surface area contributed by atoms with Gasteiger partial charge in [-0.3, -0.25) is 4.79 Å². The van der Waals surface area contributed by atoms with Crippen LogP contribution < -0.4 is 9.47 Å². The molecule has 1 heterocycles. The Labute approximate surface area is 119 Å². The van der Waals surface area contributed by atoms with Crippen molar-refractivity contribution >= 4 is 27.7 Å². The molecule has 6 heteroatoms. The molecule has 0 saturated heterocycles. The average Bonchev–Trinajstić information content (AvgIpc) is 2.40. The van der Waals surface area contributed by atoms with Crippen molar-refractivity contribution in [2.24, 2.45) is 0 Å². The van der Waals surface area contributed by atoms with E-state index in [2.05, 4.69) is 15.9 Å². The second-order valence-electron chi connectivity index (χ2n) is 3.93. The summed E-state index contributed by atoms with van der Waals surface area (Å²) in [7, 11) is 0. The summed E-state index contributed by atoms with van der Waals surface area (Å²) in [5.74, 6) is -0.844. The minimum Gasteiger partial charge on any atom is -0.486 e. The summed E-state index contributed by atoms with van der Waals surface area (Å²) in [6, 6.07) is 1.73. The molecule has 0 amide bonds. The number of esters is 1. The van der Waals surface area contributed by atoms with Crippen LogP contribution in [0.25, 0.3) is 0 Å². The Bertz CT molecular complexity index is 538. The molecule has 1 aliphatic rings. The minimum absolute atomic E-state index is 0.150. The maximum absolute atomic E-state index is 12.1. The van der Waals surface area contributed by atoms with Crippen molar-refractivity contribution in [3.63, 3.8) is 0 Å². The summed E-state index contributed by atoms with van der Waals surface area (Å²) in [6.07, 6.45) is 0. The second-order valence-corrected chi connectivity index (χ2v) is 4.79. The first-order chi connectivity index (χ1) is 9.06. The lowest BCUT2D eigenvalue weighted by molar-refractivity contribution is -0.137. The van der Waals surface area contributed by atoms with Crippen LogP contribution in [0, 0.1) is 6.92 Å². The van der Waals surface area contributed by atoms with Gasteiger partial charge in [0.15, 0.2) is 11.5 Å². The van der Waals surface area contributed by atoms with Gasteiger partial charge in [0.25, 0.3) is 5.78 Å².